The number of fused-ring (bicyclic) bond motifs is 2. The van der Waals surface area contributed by atoms with Crippen LogP contribution in [0.4, 0.5) is 0 Å². The predicted octanol–water partition coefficient (Wildman–Crippen LogP) is -0.678. The summed E-state index contributed by atoms with van der Waals surface area (Å²) in [5.41, 5.74) is -4.09. The first-order valence-corrected chi connectivity index (χ1v) is 10.2. The van der Waals surface area contributed by atoms with Gasteiger partial charge in [-0.05, 0) is 32.3 Å². The van der Waals surface area contributed by atoms with E-state index in [9.17, 15) is 30.0 Å². The number of ketones is 1. The molecule has 3 aliphatic carbocycles. The number of hydrogen-bond donors (Lipinski definition) is 4. The Kier molecular flexibility index (Phi) is 3.58. The predicted molar refractivity (Wildman–Crippen MR) is 97.3 cm³/mol. The highest BCUT2D eigenvalue weighted by atomic mass is 16.6. The van der Waals surface area contributed by atoms with E-state index in [2.05, 4.69) is 0 Å². The smallest absolute Gasteiger partial charge is 0.335 e. The van der Waals surface area contributed by atoms with Crippen molar-refractivity contribution in [2.24, 2.45) is 28.1 Å². The molecule has 160 valence electrons. The molecule has 5 aliphatic rings. The number of ether oxygens (including phenoxy) is 2. The molecule has 29 heavy (non-hydrogen) atoms. The molecule has 4 N–H and O–H groups in total. The van der Waals surface area contributed by atoms with Gasteiger partial charge in [0.1, 0.15) is 23.9 Å². The zero-order valence-corrected chi connectivity index (χ0v) is 17.0. The van der Waals surface area contributed by atoms with Crippen LogP contribution >= 0.6 is 0 Å². The molecule has 8 heteroatoms. The van der Waals surface area contributed by atoms with Crippen molar-refractivity contribution in [1.29, 1.82) is 0 Å². The first kappa shape index (κ1) is 19.6. The van der Waals surface area contributed by atoms with E-state index in [0.717, 1.165) is 5.57 Å². The Morgan fingerprint density at radius 2 is 1.72 bits per heavy atom. The summed E-state index contributed by atoms with van der Waals surface area (Å²) in [7, 11) is 0. The third-order valence-corrected chi connectivity index (χ3v) is 9.65. The molecule has 2 heterocycles. The van der Waals surface area contributed by atoms with E-state index in [1.807, 2.05) is 0 Å². The molecule has 2 saturated heterocycles. The second-order valence-corrected chi connectivity index (χ2v) is 10.2. The van der Waals surface area contributed by atoms with Crippen molar-refractivity contribution in [3.63, 3.8) is 0 Å². The van der Waals surface area contributed by atoms with Gasteiger partial charge in [-0.15, -0.1) is 0 Å². The molecule has 0 aromatic rings. The van der Waals surface area contributed by atoms with Crippen molar-refractivity contribution in [3.8, 4) is 0 Å². The average molecular weight is 408 g/mol. The minimum Gasteiger partial charge on any atom is -0.460 e. The van der Waals surface area contributed by atoms with E-state index in [4.69, 9.17) is 9.47 Å². The molecule has 2 bridgehead atoms. The summed E-state index contributed by atoms with van der Waals surface area (Å²) in [6, 6.07) is 0. The number of carbonyl (C=O) groups excluding carboxylic acids is 2. The summed E-state index contributed by atoms with van der Waals surface area (Å²) >= 11 is 0. The van der Waals surface area contributed by atoms with Gasteiger partial charge in [0.25, 0.3) is 0 Å². The fraction of sp³-hybridized carbons (Fsp3) is 0.810. The highest BCUT2D eigenvalue weighted by molar-refractivity contribution is 5.96. The molecule has 1 spiro atoms. The van der Waals surface area contributed by atoms with Crippen molar-refractivity contribution in [2.45, 2.75) is 70.2 Å². The number of hydrogen-bond acceptors (Lipinski definition) is 8. The molecule has 0 aromatic heterocycles. The third kappa shape index (κ3) is 1.70. The molecular formula is C21H28O8. The van der Waals surface area contributed by atoms with Gasteiger partial charge in [0.05, 0.1) is 12.7 Å². The molecule has 0 amide bonds. The first-order chi connectivity index (χ1) is 13.4. The van der Waals surface area contributed by atoms with Gasteiger partial charge in [-0.25, -0.2) is 4.79 Å². The molecule has 2 aliphatic heterocycles. The van der Waals surface area contributed by atoms with Crippen molar-refractivity contribution in [1.82, 2.24) is 0 Å². The maximum absolute atomic E-state index is 12.6. The lowest BCUT2D eigenvalue weighted by atomic mass is 9.34. The van der Waals surface area contributed by atoms with Crippen LogP contribution < -0.4 is 0 Å². The normalized spacial score (nSPS) is 60.8. The fourth-order valence-electron chi connectivity index (χ4n) is 7.96. The quantitative estimate of drug-likeness (QED) is 0.388. The zero-order valence-electron chi connectivity index (χ0n) is 17.0. The molecule has 11 unspecified atom stereocenters. The molecule has 4 fully saturated rings. The second kappa shape index (κ2) is 5.29. The van der Waals surface area contributed by atoms with Gasteiger partial charge in [0.15, 0.2) is 11.9 Å². The van der Waals surface area contributed by atoms with Gasteiger partial charge in [-0.2, -0.15) is 0 Å². The third-order valence-electron chi connectivity index (χ3n) is 9.65. The highest BCUT2D eigenvalue weighted by Crippen LogP contribution is 2.76. The molecule has 0 radical (unpaired) electrons. The minimum absolute atomic E-state index is 0.0414. The van der Waals surface area contributed by atoms with Gasteiger partial charge in [0.2, 0.25) is 0 Å². The molecule has 5 rings (SSSR count). The maximum atomic E-state index is 12.6. The van der Waals surface area contributed by atoms with Gasteiger partial charge in [0, 0.05) is 22.2 Å². The fourth-order valence-corrected chi connectivity index (χ4v) is 7.96. The van der Waals surface area contributed by atoms with Crippen LogP contribution in [0.25, 0.3) is 0 Å². The summed E-state index contributed by atoms with van der Waals surface area (Å²) in [4.78, 5) is 25.2. The van der Waals surface area contributed by atoms with E-state index in [0.29, 0.717) is 6.42 Å². The van der Waals surface area contributed by atoms with Crippen LogP contribution in [0, 0.1) is 28.1 Å². The monoisotopic (exact) mass is 408 g/mol. The zero-order chi connectivity index (χ0) is 21.3. The van der Waals surface area contributed by atoms with Crippen LogP contribution in [0.3, 0.4) is 0 Å². The van der Waals surface area contributed by atoms with E-state index >= 15 is 0 Å². The Bertz CT molecular complexity index is 854. The van der Waals surface area contributed by atoms with E-state index in [1.54, 1.807) is 27.7 Å². The summed E-state index contributed by atoms with van der Waals surface area (Å²) < 4.78 is 11.8. The topological polar surface area (TPSA) is 134 Å². The van der Waals surface area contributed by atoms with Crippen LogP contribution in [0.1, 0.15) is 34.1 Å². The lowest BCUT2D eigenvalue weighted by Gasteiger charge is -2.71. The molecule has 8 nitrogen and oxygen atoms in total. The summed E-state index contributed by atoms with van der Waals surface area (Å²) in [6.45, 7) is 6.90. The standard InChI is InChI=1S/C21H28O8/c1-8-5-10(22)14(24)18(2)9(8)6-11-21-7-28-20(4,15(25)12(23)13(18)21)19(21,3)16(26)17(27)29-11/h5,9,11-16,23-26H,6-7H2,1-4H3. The summed E-state index contributed by atoms with van der Waals surface area (Å²) in [5, 5.41) is 44.5. The molecule has 2 saturated carbocycles. The number of rotatable bonds is 0. The Morgan fingerprint density at radius 1 is 1.07 bits per heavy atom. The number of allylic oxidation sites excluding steroid dienone is 1. The highest BCUT2D eigenvalue weighted by Gasteiger charge is 2.86. The van der Waals surface area contributed by atoms with Crippen LogP contribution in [-0.2, 0) is 19.1 Å². The molecule has 11 atom stereocenters. The lowest BCUT2D eigenvalue weighted by molar-refractivity contribution is -0.327. The van der Waals surface area contributed by atoms with E-state index in [-0.39, 0.29) is 12.5 Å². The molecule has 0 aromatic carbocycles. The van der Waals surface area contributed by atoms with E-state index < -0.39 is 70.0 Å². The van der Waals surface area contributed by atoms with Crippen molar-refractivity contribution in [3.05, 3.63) is 11.6 Å². The van der Waals surface area contributed by atoms with Gasteiger partial charge >= 0.3 is 5.97 Å². The Morgan fingerprint density at radius 3 is 2.38 bits per heavy atom. The van der Waals surface area contributed by atoms with E-state index in [1.165, 1.54) is 6.08 Å². The number of esters is 1. The van der Waals surface area contributed by atoms with Crippen molar-refractivity contribution >= 4 is 11.8 Å². The number of aliphatic hydroxyl groups excluding tert-OH is 4. The Hall–Kier alpha value is -1.32. The van der Waals surface area contributed by atoms with Crippen molar-refractivity contribution in [2.75, 3.05) is 6.61 Å². The lowest BCUT2D eigenvalue weighted by Crippen LogP contribution is -2.82. The van der Waals surface area contributed by atoms with Gasteiger partial charge in [-0.1, -0.05) is 19.4 Å². The van der Waals surface area contributed by atoms with Crippen molar-refractivity contribution < 1.29 is 39.5 Å². The van der Waals surface area contributed by atoms with Crippen LogP contribution in [0.15, 0.2) is 11.6 Å². The van der Waals surface area contributed by atoms with Crippen LogP contribution in [0.2, 0.25) is 0 Å². The number of carbonyl (C=O) groups is 2. The largest absolute Gasteiger partial charge is 0.460 e. The first-order valence-electron chi connectivity index (χ1n) is 10.2. The van der Waals surface area contributed by atoms with Gasteiger partial charge < -0.3 is 29.9 Å². The minimum atomic E-state index is -1.57. The van der Waals surface area contributed by atoms with Crippen LogP contribution in [0.5, 0.6) is 0 Å². The van der Waals surface area contributed by atoms with Crippen LogP contribution in [-0.4, -0.2) is 74.9 Å². The Balaban J connectivity index is 1.83. The second-order valence-electron chi connectivity index (χ2n) is 10.2. The van der Waals surface area contributed by atoms with Gasteiger partial charge in [-0.3, -0.25) is 4.79 Å². The summed E-state index contributed by atoms with van der Waals surface area (Å²) in [5.74, 6) is -2.39. The number of aliphatic hydroxyl groups is 4. The molecular weight excluding hydrogens is 380 g/mol. The SMILES string of the molecule is CC1=CC(=O)C(O)C2(C)C1CC1OC(=O)C(O)C3(C)C4(C)OCC13C2C(O)C4O. The average Bonchev–Trinajstić information content (AvgIpc) is 2.85. The maximum Gasteiger partial charge on any atom is 0.335 e. The Labute approximate surface area is 168 Å². The summed E-state index contributed by atoms with van der Waals surface area (Å²) in [6.07, 6.45) is -4.63.